The average molecular weight is 393 g/mol. The Hall–Kier alpha value is -1.22. The van der Waals surface area contributed by atoms with Crippen molar-refractivity contribution in [1.82, 2.24) is 0 Å². The van der Waals surface area contributed by atoms with Crippen molar-refractivity contribution in [1.29, 1.82) is 0 Å². The van der Waals surface area contributed by atoms with E-state index in [9.17, 15) is 10.1 Å². The van der Waals surface area contributed by atoms with Crippen molar-refractivity contribution in [2.24, 2.45) is 0 Å². The molecule has 0 spiro atoms. The van der Waals surface area contributed by atoms with Crippen LogP contribution in [-0.4, -0.2) is 31.6 Å². The van der Waals surface area contributed by atoms with Crippen LogP contribution in [0.1, 0.15) is 54.0 Å². The van der Waals surface area contributed by atoms with Crippen LogP contribution >= 0.6 is 0 Å². The SMILES string of the molecule is CC1(C)OB(c2cccc([N+](=O)[O-])c2CO[Si](C)(C)C(C)(C)C)OC1(C)C. The van der Waals surface area contributed by atoms with Gasteiger partial charge in [-0.05, 0) is 51.3 Å². The van der Waals surface area contributed by atoms with Crippen molar-refractivity contribution in [3.05, 3.63) is 33.9 Å². The first kappa shape index (κ1) is 22.1. The van der Waals surface area contributed by atoms with E-state index in [0.29, 0.717) is 11.0 Å². The third kappa shape index (κ3) is 4.29. The van der Waals surface area contributed by atoms with E-state index in [1.807, 2.05) is 33.8 Å². The highest BCUT2D eigenvalue weighted by Crippen LogP contribution is 2.39. The molecule has 6 nitrogen and oxygen atoms in total. The Morgan fingerprint density at radius 2 is 1.67 bits per heavy atom. The molecule has 1 aliphatic heterocycles. The molecular weight excluding hydrogens is 361 g/mol. The van der Waals surface area contributed by atoms with E-state index < -0.39 is 26.6 Å². The molecule has 0 saturated carbocycles. The zero-order chi connectivity index (χ0) is 20.8. The van der Waals surface area contributed by atoms with Gasteiger partial charge in [-0.1, -0.05) is 32.9 Å². The lowest BCUT2D eigenvalue weighted by Crippen LogP contribution is -2.42. The quantitative estimate of drug-likeness (QED) is 0.421. The molecule has 1 fully saturated rings. The van der Waals surface area contributed by atoms with Gasteiger partial charge in [-0.25, -0.2) is 0 Å². The summed E-state index contributed by atoms with van der Waals surface area (Å²) in [6, 6.07) is 5.02. The molecule has 8 heteroatoms. The molecule has 0 amide bonds. The first-order valence-corrected chi connectivity index (χ1v) is 12.3. The fraction of sp³-hybridized carbons (Fsp3) is 0.684. The summed E-state index contributed by atoms with van der Waals surface area (Å²) >= 11 is 0. The van der Waals surface area contributed by atoms with Crippen molar-refractivity contribution >= 4 is 26.6 Å². The van der Waals surface area contributed by atoms with Gasteiger partial charge >= 0.3 is 7.12 Å². The molecule has 1 heterocycles. The van der Waals surface area contributed by atoms with E-state index in [0.717, 1.165) is 0 Å². The van der Waals surface area contributed by atoms with Crippen LogP contribution in [0, 0.1) is 10.1 Å². The summed E-state index contributed by atoms with van der Waals surface area (Å²) < 4.78 is 18.6. The number of nitrogens with zero attached hydrogens (tertiary/aromatic N) is 1. The van der Waals surface area contributed by atoms with Gasteiger partial charge in [0.25, 0.3) is 5.69 Å². The molecule has 150 valence electrons. The van der Waals surface area contributed by atoms with Gasteiger partial charge in [0, 0.05) is 6.07 Å². The summed E-state index contributed by atoms with van der Waals surface area (Å²) in [6.45, 7) is 18.8. The molecule has 1 aromatic rings. The molecule has 0 N–H and O–H groups in total. The van der Waals surface area contributed by atoms with E-state index in [4.69, 9.17) is 13.7 Å². The molecule has 1 aromatic carbocycles. The van der Waals surface area contributed by atoms with Gasteiger partial charge in [0.1, 0.15) is 0 Å². The van der Waals surface area contributed by atoms with Crippen LogP contribution in [0.2, 0.25) is 18.1 Å². The summed E-state index contributed by atoms with van der Waals surface area (Å²) in [7, 11) is -2.73. The second-order valence-corrected chi connectivity index (χ2v) is 14.5. The Labute approximate surface area is 164 Å². The maximum Gasteiger partial charge on any atom is 0.495 e. The van der Waals surface area contributed by atoms with Crippen LogP contribution in [0.4, 0.5) is 5.69 Å². The average Bonchev–Trinajstić information content (AvgIpc) is 2.71. The van der Waals surface area contributed by atoms with Crippen molar-refractivity contribution in [2.75, 3.05) is 0 Å². The first-order chi connectivity index (χ1) is 12.1. The van der Waals surface area contributed by atoms with Gasteiger partial charge in [-0.2, -0.15) is 0 Å². The van der Waals surface area contributed by atoms with E-state index >= 15 is 0 Å². The predicted octanol–water partition coefficient (Wildman–Crippen LogP) is 4.42. The fourth-order valence-corrected chi connectivity index (χ4v) is 3.52. The van der Waals surface area contributed by atoms with Crippen LogP contribution in [0.25, 0.3) is 0 Å². The van der Waals surface area contributed by atoms with E-state index in [-0.39, 0.29) is 22.3 Å². The lowest BCUT2D eigenvalue weighted by molar-refractivity contribution is -0.385. The van der Waals surface area contributed by atoms with E-state index in [1.54, 1.807) is 6.07 Å². The highest BCUT2D eigenvalue weighted by molar-refractivity contribution is 6.74. The highest BCUT2D eigenvalue weighted by Gasteiger charge is 2.52. The molecule has 2 rings (SSSR count). The molecule has 0 bridgehead atoms. The maximum atomic E-state index is 11.6. The molecular formula is C19H32BNO5Si. The van der Waals surface area contributed by atoms with Crippen LogP contribution < -0.4 is 5.46 Å². The van der Waals surface area contributed by atoms with Crippen molar-refractivity contribution in [3.8, 4) is 0 Å². The summed E-state index contributed by atoms with van der Waals surface area (Å²) in [5.74, 6) is 0. The molecule has 1 aliphatic rings. The summed E-state index contributed by atoms with van der Waals surface area (Å²) in [4.78, 5) is 11.3. The fourth-order valence-electron chi connectivity index (χ4n) is 2.58. The van der Waals surface area contributed by atoms with Crippen LogP contribution in [-0.2, 0) is 20.3 Å². The van der Waals surface area contributed by atoms with Crippen molar-refractivity contribution in [2.45, 2.75) is 84.4 Å². The third-order valence-corrected chi connectivity index (χ3v) is 10.8. The van der Waals surface area contributed by atoms with Gasteiger partial charge in [-0.3, -0.25) is 10.1 Å². The first-order valence-electron chi connectivity index (χ1n) is 9.35. The number of hydrogen-bond acceptors (Lipinski definition) is 5. The standard InChI is InChI=1S/C19H32BNO5Si/c1-17(2,3)27(8,9)24-13-14-15(11-10-12-16(14)21(22)23)20-25-18(4,5)19(6,7)26-20/h10-12H,13H2,1-9H3. The Morgan fingerprint density at radius 3 is 2.11 bits per heavy atom. The van der Waals surface area contributed by atoms with Crippen LogP contribution in [0.15, 0.2) is 18.2 Å². The van der Waals surface area contributed by atoms with Crippen molar-refractivity contribution < 1.29 is 18.7 Å². The number of rotatable bonds is 5. The number of benzene rings is 1. The lowest BCUT2D eigenvalue weighted by Gasteiger charge is -2.36. The molecule has 0 unspecified atom stereocenters. The Morgan fingerprint density at radius 1 is 1.15 bits per heavy atom. The Balaban J connectivity index is 2.43. The van der Waals surface area contributed by atoms with E-state index in [2.05, 4.69) is 33.9 Å². The third-order valence-electron chi connectivity index (χ3n) is 6.27. The smallest absolute Gasteiger partial charge is 0.412 e. The topological polar surface area (TPSA) is 70.8 Å². The van der Waals surface area contributed by atoms with Crippen LogP contribution in [0.3, 0.4) is 0 Å². The normalized spacial score (nSPS) is 19.4. The zero-order valence-corrected chi connectivity index (χ0v) is 19.0. The molecule has 0 radical (unpaired) electrons. The monoisotopic (exact) mass is 393 g/mol. The molecule has 0 aliphatic carbocycles. The van der Waals surface area contributed by atoms with E-state index in [1.165, 1.54) is 6.07 Å². The highest BCUT2D eigenvalue weighted by atomic mass is 28.4. The van der Waals surface area contributed by atoms with Gasteiger partial charge in [0.05, 0.1) is 28.3 Å². The minimum absolute atomic E-state index is 0.0149. The molecule has 27 heavy (non-hydrogen) atoms. The van der Waals surface area contributed by atoms with Gasteiger partial charge in [0.15, 0.2) is 8.32 Å². The summed E-state index contributed by atoms with van der Waals surface area (Å²) in [6.07, 6.45) is 0. The minimum Gasteiger partial charge on any atom is -0.412 e. The maximum absolute atomic E-state index is 11.6. The Bertz CT molecular complexity index is 711. The van der Waals surface area contributed by atoms with Gasteiger partial charge < -0.3 is 13.7 Å². The largest absolute Gasteiger partial charge is 0.495 e. The second-order valence-electron chi connectivity index (χ2n) is 9.74. The Kier molecular flexibility index (Phi) is 5.71. The molecule has 0 aromatic heterocycles. The van der Waals surface area contributed by atoms with Crippen molar-refractivity contribution in [3.63, 3.8) is 0 Å². The summed E-state index contributed by atoms with van der Waals surface area (Å²) in [5, 5.41) is 11.7. The minimum atomic E-state index is -2.07. The zero-order valence-electron chi connectivity index (χ0n) is 18.0. The molecule has 0 atom stereocenters. The molecule has 1 saturated heterocycles. The van der Waals surface area contributed by atoms with Gasteiger partial charge in [-0.15, -0.1) is 0 Å². The summed E-state index contributed by atoms with van der Waals surface area (Å²) in [5.41, 5.74) is 0.216. The lowest BCUT2D eigenvalue weighted by atomic mass is 9.75. The number of nitro benzene ring substituents is 1. The number of hydrogen-bond donors (Lipinski definition) is 0. The number of nitro groups is 1. The van der Waals surface area contributed by atoms with Gasteiger partial charge in [0.2, 0.25) is 0 Å². The second kappa shape index (κ2) is 6.99. The van der Waals surface area contributed by atoms with Crippen LogP contribution in [0.5, 0.6) is 0 Å². The predicted molar refractivity (Wildman–Crippen MR) is 111 cm³/mol.